The SMILES string of the molecule is COc1cc(/C=C2\SC(=S)N(CCCC(=O)O)C2=O)ccc1F. The quantitative estimate of drug-likeness (QED) is 0.625. The highest BCUT2D eigenvalue weighted by atomic mass is 32.2. The fraction of sp³-hybridized carbons (Fsp3) is 0.267. The van der Waals surface area contributed by atoms with Crippen molar-refractivity contribution in [1.82, 2.24) is 4.90 Å². The van der Waals surface area contributed by atoms with Gasteiger partial charge in [0.25, 0.3) is 5.91 Å². The van der Waals surface area contributed by atoms with Gasteiger partial charge in [-0.1, -0.05) is 30.0 Å². The number of thiocarbonyl (C=S) groups is 1. The van der Waals surface area contributed by atoms with Crippen LogP contribution in [0.1, 0.15) is 18.4 Å². The molecule has 1 aromatic rings. The van der Waals surface area contributed by atoms with Crippen LogP contribution in [0, 0.1) is 5.82 Å². The highest BCUT2D eigenvalue weighted by molar-refractivity contribution is 8.26. The summed E-state index contributed by atoms with van der Waals surface area (Å²) in [5.74, 6) is -1.57. The number of nitrogens with zero attached hydrogens (tertiary/aromatic N) is 1. The molecule has 122 valence electrons. The number of carbonyl (C=O) groups is 2. The number of halogens is 1. The molecule has 1 aliphatic rings. The Morgan fingerprint density at radius 2 is 2.26 bits per heavy atom. The van der Waals surface area contributed by atoms with Gasteiger partial charge < -0.3 is 9.84 Å². The number of ether oxygens (including phenoxy) is 1. The monoisotopic (exact) mass is 355 g/mol. The first-order chi connectivity index (χ1) is 10.9. The number of hydrogen-bond donors (Lipinski definition) is 1. The van der Waals surface area contributed by atoms with Gasteiger partial charge in [-0.3, -0.25) is 14.5 Å². The van der Waals surface area contributed by atoms with E-state index in [0.717, 1.165) is 11.8 Å². The van der Waals surface area contributed by atoms with Crippen LogP contribution < -0.4 is 4.74 Å². The van der Waals surface area contributed by atoms with E-state index in [9.17, 15) is 14.0 Å². The second-order valence-electron chi connectivity index (χ2n) is 4.72. The van der Waals surface area contributed by atoms with E-state index in [-0.39, 0.29) is 24.6 Å². The van der Waals surface area contributed by atoms with Crippen LogP contribution in [0.25, 0.3) is 6.08 Å². The molecule has 1 aliphatic heterocycles. The summed E-state index contributed by atoms with van der Waals surface area (Å²) in [5.41, 5.74) is 0.620. The van der Waals surface area contributed by atoms with Crippen molar-refractivity contribution in [3.05, 3.63) is 34.5 Å². The summed E-state index contributed by atoms with van der Waals surface area (Å²) in [7, 11) is 1.37. The third kappa shape index (κ3) is 4.29. The molecule has 0 unspecified atom stereocenters. The van der Waals surface area contributed by atoms with Crippen molar-refractivity contribution in [1.29, 1.82) is 0 Å². The minimum absolute atomic E-state index is 0.0226. The number of aliphatic carboxylic acids is 1. The normalized spacial score (nSPS) is 16.3. The fourth-order valence-electron chi connectivity index (χ4n) is 2.00. The molecule has 1 fully saturated rings. The molecule has 1 saturated heterocycles. The van der Waals surface area contributed by atoms with E-state index in [1.807, 2.05) is 0 Å². The predicted molar refractivity (Wildman–Crippen MR) is 89.7 cm³/mol. The van der Waals surface area contributed by atoms with Gasteiger partial charge in [-0.2, -0.15) is 0 Å². The van der Waals surface area contributed by atoms with Gasteiger partial charge in [0.05, 0.1) is 12.0 Å². The van der Waals surface area contributed by atoms with Crippen LogP contribution in [0.15, 0.2) is 23.1 Å². The molecule has 0 atom stereocenters. The van der Waals surface area contributed by atoms with Gasteiger partial charge in [0.2, 0.25) is 0 Å². The first-order valence-electron chi connectivity index (χ1n) is 6.73. The zero-order valence-electron chi connectivity index (χ0n) is 12.2. The van der Waals surface area contributed by atoms with Gasteiger partial charge in [0, 0.05) is 13.0 Å². The number of carboxylic acids is 1. The van der Waals surface area contributed by atoms with Crippen molar-refractivity contribution >= 4 is 46.3 Å². The predicted octanol–water partition coefficient (Wildman–Crippen LogP) is 2.90. The lowest BCUT2D eigenvalue weighted by Gasteiger charge is -2.13. The van der Waals surface area contributed by atoms with E-state index < -0.39 is 11.8 Å². The summed E-state index contributed by atoms with van der Waals surface area (Å²) in [4.78, 5) is 24.6. The summed E-state index contributed by atoms with van der Waals surface area (Å²) in [6.07, 6.45) is 1.92. The maximum absolute atomic E-state index is 13.4. The van der Waals surface area contributed by atoms with E-state index in [0.29, 0.717) is 21.2 Å². The third-order valence-corrected chi connectivity index (χ3v) is 4.50. The Labute approximate surface area is 142 Å². The van der Waals surface area contributed by atoms with Crippen molar-refractivity contribution in [2.24, 2.45) is 0 Å². The van der Waals surface area contributed by atoms with Crippen LogP contribution in [-0.4, -0.2) is 39.9 Å². The Bertz CT molecular complexity index is 690. The topological polar surface area (TPSA) is 66.8 Å². The molecule has 1 heterocycles. The standard InChI is InChI=1S/C15H14FNO4S2/c1-21-11-7-9(4-5-10(11)16)8-12-14(20)17(15(22)23-12)6-2-3-13(18)19/h4-5,7-8H,2-3,6H2,1H3,(H,18,19)/b12-8-. The smallest absolute Gasteiger partial charge is 0.303 e. The lowest BCUT2D eigenvalue weighted by atomic mass is 10.2. The molecule has 23 heavy (non-hydrogen) atoms. The van der Waals surface area contributed by atoms with Crippen LogP contribution >= 0.6 is 24.0 Å². The third-order valence-electron chi connectivity index (χ3n) is 3.12. The van der Waals surface area contributed by atoms with Crippen LogP contribution in [-0.2, 0) is 9.59 Å². The average Bonchev–Trinajstić information content (AvgIpc) is 2.76. The van der Waals surface area contributed by atoms with Gasteiger partial charge in [-0.25, -0.2) is 4.39 Å². The molecular formula is C15H14FNO4S2. The summed E-state index contributed by atoms with van der Waals surface area (Å²) in [5, 5.41) is 8.64. The number of amides is 1. The molecule has 8 heteroatoms. The Morgan fingerprint density at radius 3 is 2.91 bits per heavy atom. The second-order valence-corrected chi connectivity index (χ2v) is 6.40. The van der Waals surface area contributed by atoms with Gasteiger partial charge in [0.15, 0.2) is 11.6 Å². The van der Waals surface area contributed by atoms with Crippen molar-refractivity contribution in [2.75, 3.05) is 13.7 Å². The van der Waals surface area contributed by atoms with Crippen LogP contribution in [0.3, 0.4) is 0 Å². The van der Waals surface area contributed by atoms with Crippen LogP contribution in [0.2, 0.25) is 0 Å². The summed E-state index contributed by atoms with van der Waals surface area (Å²) in [6.45, 7) is 0.265. The van der Waals surface area contributed by atoms with Gasteiger partial charge in [0.1, 0.15) is 4.32 Å². The molecule has 0 spiro atoms. The van der Waals surface area contributed by atoms with E-state index in [1.165, 1.54) is 30.2 Å². The second kappa shape index (κ2) is 7.56. The van der Waals surface area contributed by atoms with E-state index in [2.05, 4.69) is 0 Å². The first-order valence-corrected chi connectivity index (χ1v) is 7.95. The average molecular weight is 355 g/mol. The Hall–Kier alpha value is -1.93. The summed E-state index contributed by atoms with van der Waals surface area (Å²) < 4.78 is 18.7. The Kier molecular flexibility index (Phi) is 5.73. The first kappa shape index (κ1) is 17.4. The van der Waals surface area contributed by atoms with E-state index in [1.54, 1.807) is 6.08 Å². The zero-order valence-corrected chi connectivity index (χ0v) is 13.9. The number of rotatable bonds is 6. The van der Waals surface area contributed by atoms with Gasteiger partial charge in [-0.15, -0.1) is 0 Å². The maximum Gasteiger partial charge on any atom is 0.303 e. The largest absolute Gasteiger partial charge is 0.494 e. The fourth-order valence-corrected chi connectivity index (χ4v) is 3.31. The highest BCUT2D eigenvalue weighted by Gasteiger charge is 2.31. The molecule has 1 amide bonds. The Balaban J connectivity index is 2.13. The van der Waals surface area contributed by atoms with Gasteiger partial charge in [-0.05, 0) is 30.2 Å². The van der Waals surface area contributed by atoms with Crippen molar-refractivity contribution in [3.63, 3.8) is 0 Å². The number of benzene rings is 1. The number of hydrogen-bond acceptors (Lipinski definition) is 5. The summed E-state index contributed by atoms with van der Waals surface area (Å²) in [6, 6.07) is 4.29. The molecule has 0 aliphatic carbocycles. The lowest BCUT2D eigenvalue weighted by molar-refractivity contribution is -0.137. The molecular weight excluding hydrogens is 341 g/mol. The minimum Gasteiger partial charge on any atom is -0.494 e. The van der Waals surface area contributed by atoms with Crippen molar-refractivity contribution < 1.29 is 23.8 Å². The van der Waals surface area contributed by atoms with E-state index in [4.69, 9.17) is 22.1 Å². The number of carboxylic acid groups (broad SMARTS) is 1. The van der Waals surface area contributed by atoms with Gasteiger partial charge >= 0.3 is 5.97 Å². The zero-order chi connectivity index (χ0) is 17.0. The maximum atomic E-state index is 13.4. The Morgan fingerprint density at radius 1 is 1.52 bits per heavy atom. The van der Waals surface area contributed by atoms with E-state index >= 15 is 0 Å². The van der Waals surface area contributed by atoms with Crippen LogP contribution in [0.4, 0.5) is 4.39 Å². The molecule has 5 nitrogen and oxygen atoms in total. The number of carbonyl (C=O) groups excluding carboxylic acids is 1. The highest BCUT2D eigenvalue weighted by Crippen LogP contribution is 2.33. The van der Waals surface area contributed by atoms with Crippen molar-refractivity contribution in [2.45, 2.75) is 12.8 Å². The lowest BCUT2D eigenvalue weighted by Crippen LogP contribution is -2.29. The molecule has 0 aromatic heterocycles. The summed E-state index contributed by atoms with van der Waals surface area (Å²) >= 11 is 6.29. The molecule has 2 rings (SSSR count). The molecule has 0 radical (unpaired) electrons. The molecule has 1 N–H and O–H groups in total. The van der Waals surface area contributed by atoms with Crippen molar-refractivity contribution in [3.8, 4) is 5.75 Å². The molecule has 0 saturated carbocycles. The number of methoxy groups -OCH3 is 1. The molecule has 1 aromatic carbocycles. The number of thioether (sulfide) groups is 1. The van der Waals surface area contributed by atoms with Crippen LogP contribution in [0.5, 0.6) is 5.75 Å². The minimum atomic E-state index is -0.913. The molecule has 0 bridgehead atoms.